The third kappa shape index (κ3) is 12.8. The van der Waals surface area contributed by atoms with E-state index in [4.69, 9.17) is 29.4 Å². The fourth-order valence-electron chi connectivity index (χ4n) is 7.14. The summed E-state index contributed by atoms with van der Waals surface area (Å²) in [7, 11) is 0. The summed E-state index contributed by atoms with van der Waals surface area (Å²) in [5.41, 5.74) is 4.23. The summed E-state index contributed by atoms with van der Waals surface area (Å²) in [6, 6.07) is 57.2. The van der Waals surface area contributed by atoms with Crippen LogP contribution in [0.1, 0.15) is 73.6 Å². The topological polar surface area (TPSA) is 67.9 Å². The van der Waals surface area contributed by atoms with Gasteiger partial charge >= 0.3 is 0 Å². The molecule has 2 fully saturated rings. The Morgan fingerprint density at radius 2 is 0.466 bits per heavy atom. The van der Waals surface area contributed by atoms with Crippen LogP contribution in [0.5, 0.6) is 23.0 Å². The van der Waals surface area contributed by atoms with E-state index in [9.17, 15) is 0 Å². The van der Waals surface area contributed by atoms with Gasteiger partial charge in [0.2, 0.25) is 0 Å². The van der Waals surface area contributed by atoms with Crippen molar-refractivity contribution in [3.63, 3.8) is 0 Å². The molecule has 7 heterocycles. The molecule has 0 N–H and O–H groups in total. The van der Waals surface area contributed by atoms with Crippen LogP contribution in [0, 0.1) is 0 Å². The van der Waals surface area contributed by atoms with Gasteiger partial charge in [-0.05, 0) is 145 Å². The van der Waals surface area contributed by atoms with Gasteiger partial charge in [0.15, 0.2) is 0 Å². The third-order valence-electron chi connectivity index (χ3n) is 10.4. The Morgan fingerprint density at radius 1 is 0.276 bits per heavy atom. The molecule has 6 heteroatoms. The highest BCUT2D eigenvalue weighted by Gasteiger charge is 2.24. The Bertz CT molecular complexity index is 1840. The van der Waals surface area contributed by atoms with E-state index in [1.807, 2.05) is 146 Å². The second kappa shape index (κ2) is 21.8. The maximum absolute atomic E-state index is 6.14. The van der Waals surface area contributed by atoms with Gasteiger partial charge in [0.05, 0.1) is 24.2 Å². The highest BCUT2D eigenvalue weighted by Crippen LogP contribution is 2.27. The second-order valence-corrected chi connectivity index (χ2v) is 14.7. The van der Waals surface area contributed by atoms with Crippen molar-refractivity contribution in [2.45, 2.75) is 75.5 Å². The van der Waals surface area contributed by atoms with Crippen LogP contribution in [0.4, 0.5) is 0 Å². The molecule has 6 nitrogen and oxygen atoms in total. The van der Waals surface area contributed by atoms with Gasteiger partial charge in [-0.15, -0.1) is 0 Å². The minimum absolute atomic E-state index is 0.183. The highest BCUT2D eigenvalue weighted by atomic mass is 16.5. The van der Waals surface area contributed by atoms with Gasteiger partial charge in [-0.1, -0.05) is 98.5 Å². The molecule has 0 amide bonds. The fourth-order valence-corrected chi connectivity index (χ4v) is 7.14. The van der Waals surface area contributed by atoms with Crippen LogP contribution in [0.15, 0.2) is 190 Å². The molecule has 0 saturated heterocycles. The maximum atomic E-state index is 6.14. The third-order valence-corrected chi connectivity index (χ3v) is 10.4. The van der Waals surface area contributed by atoms with Crippen LogP contribution in [0.2, 0.25) is 0 Å². The van der Waals surface area contributed by atoms with Crippen molar-refractivity contribution in [1.29, 1.82) is 0 Å². The molecule has 7 aliphatic heterocycles. The number of hydrogen-bond acceptors (Lipinski definition) is 6. The monoisotopic (exact) mass is 764 g/mol. The summed E-state index contributed by atoms with van der Waals surface area (Å²) >= 11 is 0. The highest BCUT2D eigenvalue weighted by molar-refractivity contribution is 5.82. The number of ether oxygens (including phenoxy) is 2. The molecule has 0 unspecified atom stereocenters. The molecule has 4 atom stereocenters. The summed E-state index contributed by atoms with van der Waals surface area (Å²) < 4.78 is 12.3. The van der Waals surface area contributed by atoms with E-state index in [-0.39, 0.29) is 24.2 Å². The normalized spacial score (nSPS) is 19.9. The molecule has 2 saturated carbocycles. The lowest BCUT2D eigenvalue weighted by molar-refractivity contribution is 0.390. The van der Waals surface area contributed by atoms with Gasteiger partial charge in [-0.25, -0.2) is 0 Å². The van der Waals surface area contributed by atoms with Crippen LogP contribution in [-0.2, 0) is 0 Å². The van der Waals surface area contributed by atoms with E-state index >= 15 is 0 Å². The molecule has 6 aromatic rings. The lowest BCUT2D eigenvalue weighted by Crippen LogP contribution is -2.27. The molecule has 6 aromatic carbocycles. The van der Waals surface area contributed by atoms with Crippen molar-refractivity contribution >= 4 is 24.9 Å². The molecular weight excluding hydrogens is 713 g/mol. The lowest BCUT2D eigenvalue weighted by Gasteiger charge is -2.25. The Hall–Kier alpha value is -6.40. The first kappa shape index (κ1) is 39.8. The summed E-state index contributed by atoms with van der Waals surface area (Å²) in [5.74, 6) is 3.19. The molecule has 292 valence electrons. The second-order valence-electron chi connectivity index (χ2n) is 14.7. The molecular formula is C52H52N4O2. The number of aliphatic imine (C=N–C) groups is 4. The Balaban J connectivity index is 0.000000365. The Morgan fingerprint density at radius 3 is 0.655 bits per heavy atom. The number of nitrogens with zero attached hydrogens (tertiary/aromatic N) is 4. The standard InChI is InChI=1S/C40H40N4O2.2C6H6/c1-2-6-38-37(5-1)41-25-29-9-17-33(18-10-29)45-35-21-13-31(14-22-35)27-43-39-7-3-4-8-40(39)44-28-32-15-23-36(24-16-32)46-34-19-11-30(12-20-34)26-42-38;2*1-2-4-6-5-3-1/h9-28,37-40H,1-8H2;2*1-6H/t37-,38-,39-,40-;;/m1../s1. The zero-order valence-corrected chi connectivity index (χ0v) is 33.0. The van der Waals surface area contributed by atoms with Gasteiger partial charge < -0.3 is 9.47 Å². The first-order valence-electron chi connectivity index (χ1n) is 20.6. The SMILES string of the molecule is C1=N[C@@H]2CCCC[C@H]2N=Cc2ccc(cc2)Oc2ccc(cc2)C=N[C@@H]2CCCC[C@H]2N=Cc2ccc(cc2)Oc2ccc1cc2.c1ccccc1.c1ccccc1. The molecule has 15 rings (SSSR count). The van der Waals surface area contributed by atoms with Gasteiger partial charge in [0.1, 0.15) is 23.0 Å². The van der Waals surface area contributed by atoms with Gasteiger partial charge in [0.25, 0.3) is 0 Å². The summed E-state index contributed by atoms with van der Waals surface area (Å²) in [5, 5.41) is 0. The van der Waals surface area contributed by atoms with Crippen LogP contribution in [0.25, 0.3) is 0 Å². The number of rotatable bonds is 0. The minimum Gasteiger partial charge on any atom is -0.457 e. The summed E-state index contributed by atoms with van der Waals surface area (Å²) in [4.78, 5) is 19.9. The van der Waals surface area contributed by atoms with Gasteiger partial charge in [-0.2, -0.15) is 0 Å². The van der Waals surface area contributed by atoms with E-state index < -0.39 is 0 Å². The molecule has 2 aliphatic carbocycles. The smallest absolute Gasteiger partial charge is 0.127 e. The predicted molar refractivity (Wildman–Crippen MR) is 241 cm³/mol. The van der Waals surface area contributed by atoms with Crippen molar-refractivity contribution in [1.82, 2.24) is 0 Å². The first-order chi connectivity index (χ1) is 28.7. The average Bonchev–Trinajstić information content (AvgIpc) is 3.30. The summed E-state index contributed by atoms with van der Waals surface area (Å²) in [6.45, 7) is 0. The van der Waals surface area contributed by atoms with E-state index in [2.05, 4.69) is 48.5 Å². The predicted octanol–water partition coefficient (Wildman–Crippen LogP) is 12.7. The Labute approximate surface area is 343 Å². The maximum Gasteiger partial charge on any atom is 0.127 e. The Kier molecular flexibility index (Phi) is 15.0. The minimum atomic E-state index is 0.183. The van der Waals surface area contributed by atoms with Crippen LogP contribution in [-0.4, -0.2) is 49.0 Å². The first-order valence-corrected chi connectivity index (χ1v) is 20.6. The molecule has 0 spiro atoms. The molecule has 9 aliphatic rings. The van der Waals surface area contributed by atoms with Crippen molar-refractivity contribution in [3.05, 3.63) is 192 Å². The number of hydrogen-bond donors (Lipinski definition) is 0. The zero-order chi connectivity index (χ0) is 39.5. The van der Waals surface area contributed by atoms with Crippen molar-refractivity contribution < 1.29 is 9.47 Å². The largest absolute Gasteiger partial charge is 0.457 e. The van der Waals surface area contributed by atoms with E-state index in [1.165, 1.54) is 25.7 Å². The quantitative estimate of drug-likeness (QED) is 0.155. The molecule has 0 aromatic heterocycles. The lowest BCUT2D eigenvalue weighted by atomic mass is 9.91. The zero-order valence-electron chi connectivity index (χ0n) is 33.0. The van der Waals surface area contributed by atoms with Gasteiger partial charge in [-0.3, -0.25) is 20.0 Å². The van der Waals surface area contributed by atoms with E-state index in [1.54, 1.807) is 0 Å². The molecule has 58 heavy (non-hydrogen) atoms. The van der Waals surface area contributed by atoms with Crippen molar-refractivity contribution in [2.24, 2.45) is 20.0 Å². The summed E-state index contributed by atoms with van der Waals surface area (Å²) in [6.07, 6.45) is 16.9. The van der Waals surface area contributed by atoms with E-state index in [0.29, 0.717) is 0 Å². The van der Waals surface area contributed by atoms with Crippen LogP contribution >= 0.6 is 0 Å². The van der Waals surface area contributed by atoms with Crippen LogP contribution in [0.3, 0.4) is 0 Å². The van der Waals surface area contributed by atoms with Gasteiger partial charge in [0, 0.05) is 24.9 Å². The van der Waals surface area contributed by atoms with E-state index in [0.717, 1.165) is 70.9 Å². The van der Waals surface area contributed by atoms with Crippen LogP contribution < -0.4 is 9.47 Å². The average molecular weight is 765 g/mol. The molecule has 8 bridgehead atoms. The fraction of sp³-hybridized carbons (Fsp3) is 0.231. The van der Waals surface area contributed by atoms with Crippen molar-refractivity contribution in [3.8, 4) is 23.0 Å². The molecule has 0 radical (unpaired) electrons. The van der Waals surface area contributed by atoms with Crippen molar-refractivity contribution in [2.75, 3.05) is 0 Å². The number of benzene rings is 6.